The molecule has 1 amide bonds. The lowest BCUT2D eigenvalue weighted by atomic mass is 10.2. The summed E-state index contributed by atoms with van der Waals surface area (Å²) in [7, 11) is 0. The number of amides is 1. The number of nitrogens with one attached hydrogen (secondary N) is 1. The van der Waals surface area contributed by atoms with Crippen LogP contribution in [0.4, 0.5) is 5.69 Å². The zero-order chi connectivity index (χ0) is 14.3. The largest absolute Gasteiger partial charge is 0.396 e. The van der Waals surface area contributed by atoms with Crippen molar-refractivity contribution in [3.8, 4) is 0 Å². The minimum atomic E-state index is -0.157. The van der Waals surface area contributed by atoms with Crippen LogP contribution in [-0.2, 0) is 0 Å². The molecule has 0 bridgehead atoms. The second kappa shape index (κ2) is 7.74. The highest BCUT2D eigenvalue weighted by atomic mass is 16.3. The van der Waals surface area contributed by atoms with E-state index in [9.17, 15) is 4.79 Å². The lowest BCUT2D eigenvalue weighted by Gasteiger charge is -2.29. The second-order valence-electron chi connectivity index (χ2n) is 4.62. The third-order valence-electron chi connectivity index (χ3n) is 2.83. The summed E-state index contributed by atoms with van der Waals surface area (Å²) in [5.74, 6) is -0.157. The Morgan fingerprint density at radius 1 is 1.53 bits per heavy atom. The fourth-order valence-corrected chi connectivity index (χ4v) is 1.90. The zero-order valence-electron chi connectivity index (χ0n) is 11.9. The van der Waals surface area contributed by atoms with E-state index >= 15 is 0 Å². The van der Waals surface area contributed by atoms with Gasteiger partial charge in [0.25, 0.3) is 5.91 Å². The molecule has 0 saturated carbocycles. The van der Waals surface area contributed by atoms with Gasteiger partial charge in [-0.1, -0.05) is 0 Å². The van der Waals surface area contributed by atoms with Gasteiger partial charge in [-0.15, -0.1) is 0 Å². The van der Waals surface area contributed by atoms with Crippen LogP contribution in [-0.4, -0.2) is 41.7 Å². The van der Waals surface area contributed by atoms with E-state index in [4.69, 9.17) is 5.11 Å². The van der Waals surface area contributed by atoms with Gasteiger partial charge in [-0.25, -0.2) is 0 Å². The lowest BCUT2D eigenvalue weighted by Crippen LogP contribution is -2.32. The van der Waals surface area contributed by atoms with Crippen molar-refractivity contribution in [3.05, 3.63) is 24.0 Å². The monoisotopic (exact) mass is 265 g/mol. The number of hydrogen-bond acceptors (Lipinski definition) is 4. The highest BCUT2D eigenvalue weighted by Gasteiger charge is 2.13. The fourth-order valence-electron chi connectivity index (χ4n) is 1.90. The third-order valence-corrected chi connectivity index (χ3v) is 2.83. The van der Waals surface area contributed by atoms with Crippen LogP contribution in [0.1, 0.15) is 37.7 Å². The van der Waals surface area contributed by atoms with Crippen molar-refractivity contribution in [1.29, 1.82) is 0 Å². The van der Waals surface area contributed by atoms with Crippen LogP contribution in [0.15, 0.2) is 18.3 Å². The normalized spacial score (nSPS) is 10.6. The summed E-state index contributed by atoms with van der Waals surface area (Å²) in [4.78, 5) is 18.0. The molecule has 1 heterocycles. The maximum atomic E-state index is 11.8. The van der Waals surface area contributed by atoms with Crippen molar-refractivity contribution in [1.82, 2.24) is 10.3 Å². The number of aliphatic hydroxyl groups is 1. The van der Waals surface area contributed by atoms with Gasteiger partial charge in [0, 0.05) is 37.6 Å². The molecule has 1 rings (SSSR count). The molecule has 0 aromatic carbocycles. The number of aliphatic hydroxyl groups excluding tert-OH is 1. The molecule has 0 spiro atoms. The molecular formula is C14H23N3O2. The average molecular weight is 265 g/mol. The quantitative estimate of drug-likeness (QED) is 0.782. The molecular weight excluding hydrogens is 242 g/mol. The lowest BCUT2D eigenvalue weighted by molar-refractivity contribution is 0.0951. The molecule has 0 aliphatic heterocycles. The Bertz CT molecular complexity index is 407. The summed E-state index contributed by atoms with van der Waals surface area (Å²) >= 11 is 0. The Kier molecular flexibility index (Phi) is 6.29. The molecule has 0 aliphatic rings. The molecule has 0 saturated heterocycles. The standard InChI is InChI=1S/C14H23N3O2/c1-4-15-14(19)13-10-12(6-7-16-13)17(11(2)3)8-5-9-18/h6-7,10-11,18H,4-5,8-9H2,1-3H3,(H,15,19). The Morgan fingerprint density at radius 2 is 2.26 bits per heavy atom. The highest BCUT2D eigenvalue weighted by molar-refractivity contribution is 5.93. The molecule has 2 N–H and O–H groups in total. The van der Waals surface area contributed by atoms with Crippen molar-refractivity contribution in [2.45, 2.75) is 33.2 Å². The summed E-state index contributed by atoms with van der Waals surface area (Å²) in [5, 5.41) is 11.7. The molecule has 0 unspecified atom stereocenters. The number of anilines is 1. The van der Waals surface area contributed by atoms with Crippen LogP contribution in [0.25, 0.3) is 0 Å². The third kappa shape index (κ3) is 4.52. The SMILES string of the molecule is CCNC(=O)c1cc(N(CCCO)C(C)C)ccn1. The van der Waals surface area contributed by atoms with E-state index in [0.717, 1.165) is 12.2 Å². The number of rotatable bonds is 7. The van der Waals surface area contributed by atoms with E-state index in [1.807, 2.05) is 13.0 Å². The van der Waals surface area contributed by atoms with Crippen molar-refractivity contribution >= 4 is 11.6 Å². The summed E-state index contributed by atoms with van der Waals surface area (Å²) in [6.45, 7) is 7.56. The molecule has 106 valence electrons. The first-order valence-electron chi connectivity index (χ1n) is 6.71. The maximum Gasteiger partial charge on any atom is 0.269 e. The molecule has 5 heteroatoms. The van der Waals surface area contributed by atoms with Crippen LogP contribution in [0, 0.1) is 0 Å². The van der Waals surface area contributed by atoms with Gasteiger partial charge >= 0.3 is 0 Å². The van der Waals surface area contributed by atoms with E-state index in [0.29, 0.717) is 24.7 Å². The topological polar surface area (TPSA) is 65.5 Å². The highest BCUT2D eigenvalue weighted by Crippen LogP contribution is 2.17. The van der Waals surface area contributed by atoms with Crippen LogP contribution >= 0.6 is 0 Å². The first-order chi connectivity index (χ1) is 9.10. The minimum absolute atomic E-state index is 0.157. The van der Waals surface area contributed by atoms with E-state index in [1.54, 1.807) is 12.3 Å². The zero-order valence-corrected chi connectivity index (χ0v) is 11.9. The Balaban J connectivity index is 2.91. The summed E-state index contributed by atoms with van der Waals surface area (Å²) in [6, 6.07) is 3.98. The summed E-state index contributed by atoms with van der Waals surface area (Å²) in [6.07, 6.45) is 2.35. The fraction of sp³-hybridized carbons (Fsp3) is 0.571. The van der Waals surface area contributed by atoms with Crippen LogP contribution in [0.3, 0.4) is 0 Å². The van der Waals surface area contributed by atoms with Gasteiger partial charge in [0.15, 0.2) is 0 Å². The second-order valence-corrected chi connectivity index (χ2v) is 4.62. The van der Waals surface area contributed by atoms with Gasteiger partial charge in [-0.3, -0.25) is 9.78 Å². The first-order valence-corrected chi connectivity index (χ1v) is 6.71. The van der Waals surface area contributed by atoms with Crippen molar-refractivity contribution in [2.24, 2.45) is 0 Å². The first kappa shape index (κ1) is 15.4. The van der Waals surface area contributed by atoms with Gasteiger partial charge in [-0.05, 0) is 39.3 Å². The van der Waals surface area contributed by atoms with Gasteiger partial charge in [-0.2, -0.15) is 0 Å². The van der Waals surface area contributed by atoms with Crippen molar-refractivity contribution in [3.63, 3.8) is 0 Å². The Morgan fingerprint density at radius 3 is 2.84 bits per heavy atom. The van der Waals surface area contributed by atoms with Crippen molar-refractivity contribution in [2.75, 3.05) is 24.6 Å². The smallest absolute Gasteiger partial charge is 0.269 e. The van der Waals surface area contributed by atoms with Crippen molar-refractivity contribution < 1.29 is 9.90 Å². The molecule has 5 nitrogen and oxygen atoms in total. The molecule has 0 radical (unpaired) electrons. The van der Waals surface area contributed by atoms with Gasteiger partial charge < -0.3 is 15.3 Å². The molecule has 19 heavy (non-hydrogen) atoms. The van der Waals surface area contributed by atoms with Gasteiger partial charge in [0.2, 0.25) is 0 Å². The number of carbonyl (C=O) groups is 1. The number of hydrogen-bond donors (Lipinski definition) is 2. The van der Waals surface area contributed by atoms with E-state index < -0.39 is 0 Å². The number of nitrogens with zero attached hydrogens (tertiary/aromatic N) is 2. The number of carbonyl (C=O) groups excluding carboxylic acids is 1. The molecule has 1 aromatic rings. The Hall–Kier alpha value is -1.62. The predicted molar refractivity (Wildman–Crippen MR) is 76.4 cm³/mol. The van der Waals surface area contributed by atoms with Crippen LogP contribution < -0.4 is 10.2 Å². The molecule has 0 fully saturated rings. The van der Waals surface area contributed by atoms with Crippen LogP contribution in [0.5, 0.6) is 0 Å². The number of pyridine rings is 1. The maximum absolute atomic E-state index is 11.8. The van der Waals surface area contributed by atoms with E-state index in [1.165, 1.54) is 0 Å². The molecule has 1 aromatic heterocycles. The van der Waals surface area contributed by atoms with Gasteiger partial charge in [0.05, 0.1) is 0 Å². The number of aromatic nitrogens is 1. The summed E-state index contributed by atoms with van der Waals surface area (Å²) < 4.78 is 0. The predicted octanol–water partition coefficient (Wildman–Crippen LogP) is 1.43. The molecule has 0 atom stereocenters. The Labute approximate surface area is 114 Å². The minimum Gasteiger partial charge on any atom is -0.396 e. The van der Waals surface area contributed by atoms with E-state index in [2.05, 4.69) is 29.0 Å². The average Bonchev–Trinajstić information content (AvgIpc) is 2.39. The van der Waals surface area contributed by atoms with E-state index in [-0.39, 0.29) is 12.5 Å². The molecule has 0 aliphatic carbocycles. The van der Waals surface area contributed by atoms with Crippen LogP contribution in [0.2, 0.25) is 0 Å². The van der Waals surface area contributed by atoms with Gasteiger partial charge in [0.1, 0.15) is 5.69 Å². The summed E-state index contributed by atoms with van der Waals surface area (Å²) in [5.41, 5.74) is 1.38.